The van der Waals surface area contributed by atoms with Crippen LogP contribution in [0.2, 0.25) is 0 Å². The number of carbonyl (C=O) groups excluding carboxylic acids is 1. The maximum atomic E-state index is 12.6. The van der Waals surface area contributed by atoms with Gasteiger partial charge in [0.2, 0.25) is 5.95 Å². The summed E-state index contributed by atoms with van der Waals surface area (Å²) in [4.78, 5) is 19.9. The fourth-order valence-corrected chi connectivity index (χ4v) is 3.39. The molecule has 0 radical (unpaired) electrons. The van der Waals surface area contributed by atoms with Crippen molar-refractivity contribution in [2.45, 2.75) is 24.9 Å². The lowest BCUT2D eigenvalue weighted by atomic mass is 10.3. The van der Waals surface area contributed by atoms with E-state index in [9.17, 15) is 26.4 Å². The van der Waals surface area contributed by atoms with Crippen molar-refractivity contribution in [1.29, 1.82) is 0 Å². The zero-order valence-corrected chi connectivity index (χ0v) is 16.4. The average Bonchev–Trinajstić information content (AvgIpc) is 3.11. The van der Waals surface area contributed by atoms with Gasteiger partial charge < -0.3 is 5.32 Å². The highest BCUT2D eigenvalue weighted by molar-refractivity contribution is 7.92. The minimum absolute atomic E-state index is 0.0797. The number of aromatic amines is 1. The maximum Gasteiger partial charge on any atom is 0.432 e. The zero-order chi connectivity index (χ0) is 22.1. The lowest BCUT2D eigenvalue weighted by Gasteiger charge is -2.09. The minimum Gasteiger partial charge on any atom is -0.321 e. The molecule has 0 saturated heterocycles. The number of alkyl halides is 3. The molecule has 0 fully saturated rings. The van der Waals surface area contributed by atoms with E-state index in [2.05, 4.69) is 25.1 Å². The molecule has 1 aromatic carbocycles. The van der Waals surface area contributed by atoms with Gasteiger partial charge in [0.15, 0.2) is 5.69 Å². The molecule has 0 unspecified atom stereocenters. The number of aryl methyl sites for hydroxylation is 2. The maximum absolute atomic E-state index is 12.6. The lowest BCUT2D eigenvalue weighted by Crippen LogP contribution is -2.16. The van der Waals surface area contributed by atoms with Crippen LogP contribution in [0.1, 0.15) is 27.6 Å². The first-order valence-corrected chi connectivity index (χ1v) is 9.81. The Balaban J connectivity index is 1.72. The zero-order valence-electron chi connectivity index (χ0n) is 15.6. The van der Waals surface area contributed by atoms with Crippen molar-refractivity contribution in [3.63, 3.8) is 0 Å². The van der Waals surface area contributed by atoms with Crippen LogP contribution < -0.4 is 10.0 Å². The SMILES string of the molecule is Cc1cc(C)nc(NS(=O)(=O)c2ccc(NC(=O)c3cc(C(F)(F)F)[nH]n3)cc2)n1. The molecule has 30 heavy (non-hydrogen) atoms. The minimum atomic E-state index is -4.66. The third kappa shape index (κ3) is 4.92. The summed E-state index contributed by atoms with van der Waals surface area (Å²) in [5.74, 6) is -0.969. The van der Waals surface area contributed by atoms with Gasteiger partial charge in [-0.1, -0.05) is 0 Å². The van der Waals surface area contributed by atoms with Crippen LogP contribution in [0.15, 0.2) is 41.3 Å². The molecule has 0 aliphatic heterocycles. The van der Waals surface area contributed by atoms with Crippen LogP contribution in [-0.2, 0) is 16.2 Å². The second kappa shape index (κ2) is 7.74. The molecule has 158 valence electrons. The molecule has 2 heterocycles. The molecule has 0 aliphatic carbocycles. The number of benzene rings is 1. The first-order valence-electron chi connectivity index (χ1n) is 8.33. The summed E-state index contributed by atoms with van der Waals surface area (Å²) in [5.41, 5.74) is -0.282. The summed E-state index contributed by atoms with van der Waals surface area (Å²) < 4.78 is 64.9. The number of aromatic nitrogens is 4. The Bertz CT molecular complexity index is 1170. The van der Waals surface area contributed by atoms with Crippen LogP contribution in [0, 0.1) is 13.8 Å². The molecular formula is C17H15F3N6O3S. The van der Waals surface area contributed by atoms with Crippen molar-refractivity contribution in [2.75, 3.05) is 10.0 Å². The fourth-order valence-electron chi connectivity index (χ4n) is 2.45. The van der Waals surface area contributed by atoms with Crippen LogP contribution >= 0.6 is 0 Å². The van der Waals surface area contributed by atoms with E-state index in [1.165, 1.54) is 24.3 Å². The molecule has 0 bridgehead atoms. The van der Waals surface area contributed by atoms with Crippen molar-refractivity contribution >= 4 is 27.6 Å². The monoisotopic (exact) mass is 440 g/mol. The van der Waals surface area contributed by atoms with Gasteiger partial charge >= 0.3 is 6.18 Å². The molecule has 3 N–H and O–H groups in total. The number of sulfonamides is 1. The van der Waals surface area contributed by atoms with Crippen LogP contribution in [-0.4, -0.2) is 34.5 Å². The smallest absolute Gasteiger partial charge is 0.321 e. The summed E-state index contributed by atoms with van der Waals surface area (Å²) in [7, 11) is -3.99. The van der Waals surface area contributed by atoms with Crippen molar-refractivity contribution in [3.8, 4) is 0 Å². The average molecular weight is 440 g/mol. The largest absolute Gasteiger partial charge is 0.432 e. The van der Waals surface area contributed by atoms with E-state index < -0.39 is 33.5 Å². The highest BCUT2D eigenvalue weighted by Gasteiger charge is 2.33. The summed E-state index contributed by atoms with van der Waals surface area (Å²) >= 11 is 0. The molecular weight excluding hydrogens is 425 g/mol. The van der Waals surface area contributed by atoms with Gasteiger partial charge in [-0.05, 0) is 44.2 Å². The summed E-state index contributed by atoms with van der Waals surface area (Å²) in [5, 5.41) is 7.39. The predicted molar refractivity (Wildman–Crippen MR) is 100 cm³/mol. The van der Waals surface area contributed by atoms with Crippen molar-refractivity contribution in [1.82, 2.24) is 20.2 Å². The van der Waals surface area contributed by atoms with Gasteiger partial charge in [0, 0.05) is 23.1 Å². The third-order valence-electron chi connectivity index (χ3n) is 3.75. The molecule has 13 heteroatoms. The topological polar surface area (TPSA) is 130 Å². The number of anilines is 2. The second-order valence-corrected chi connectivity index (χ2v) is 7.91. The number of nitrogens with zero attached hydrogens (tertiary/aromatic N) is 3. The quantitative estimate of drug-likeness (QED) is 0.559. The Hall–Kier alpha value is -3.48. The first kappa shape index (κ1) is 21.2. The number of hydrogen-bond acceptors (Lipinski definition) is 6. The van der Waals surface area contributed by atoms with E-state index >= 15 is 0 Å². The van der Waals surface area contributed by atoms with Gasteiger partial charge in [-0.3, -0.25) is 9.89 Å². The van der Waals surface area contributed by atoms with Crippen molar-refractivity contribution < 1.29 is 26.4 Å². The highest BCUT2D eigenvalue weighted by atomic mass is 32.2. The van der Waals surface area contributed by atoms with Gasteiger partial charge in [0.05, 0.1) is 4.90 Å². The van der Waals surface area contributed by atoms with Crippen LogP contribution in [0.25, 0.3) is 0 Å². The Morgan fingerprint density at radius 2 is 1.63 bits per heavy atom. The Labute approximate surface area is 168 Å². The van der Waals surface area contributed by atoms with E-state index in [0.717, 1.165) is 0 Å². The number of H-pyrrole nitrogens is 1. The van der Waals surface area contributed by atoms with Crippen molar-refractivity contribution in [2.24, 2.45) is 0 Å². The molecule has 9 nitrogen and oxygen atoms in total. The highest BCUT2D eigenvalue weighted by Crippen LogP contribution is 2.27. The fraction of sp³-hybridized carbons (Fsp3) is 0.176. The van der Waals surface area contributed by atoms with E-state index in [-0.39, 0.29) is 16.5 Å². The van der Waals surface area contributed by atoms with Gasteiger partial charge in [0.25, 0.3) is 15.9 Å². The van der Waals surface area contributed by atoms with E-state index in [1.807, 2.05) is 0 Å². The first-order chi connectivity index (χ1) is 13.9. The number of carbonyl (C=O) groups is 1. The van der Waals surface area contributed by atoms with Gasteiger partial charge in [0.1, 0.15) is 5.69 Å². The molecule has 0 saturated carbocycles. The van der Waals surface area contributed by atoms with Gasteiger partial charge in [-0.25, -0.2) is 23.1 Å². The molecule has 0 atom stereocenters. The number of amides is 1. The summed E-state index contributed by atoms with van der Waals surface area (Å²) in [6.07, 6.45) is -4.66. The third-order valence-corrected chi connectivity index (χ3v) is 5.09. The Kier molecular flexibility index (Phi) is 5.48. The number of nitrogens with one attached hydrogen (secondary N) is 3. The normalized spacial score (nSPS) is 11.9. The molecule has 3 rings (SSSR count). The number of halogens is 3. The standard InChI is InChI=1S/C17H15F3N6O3S/c1-9-7-10(2)22-16(21-9)26-30(28,29)12-5-3-11(4-6-12)23-15(27)13-8-14(25-24-13)17(18,19)20/h3-8H,1-2H3,(H,23,27)(H,24,25)(H,21,22,26). The lowest BCUT2D eigenvalue weighted by molar-refractivity contribution is -0.141. The van der Waals surface area contributed by atoms with E-state index in [0.29, 0.717) is 17.5 Å². The molecule has 0 spiro atoms. The van der Waals surface area contributed by atoms with Crippen LogP contribution in [0.3, 0.4) is 0 Å². The molecule has 1 amide bonds. The summed E-state index contributed by atoms with van der Waals surface area (Å²) in [6.45, 7) is 3.39. The number of hydrogen-bond donors (Lipinski definition) is 3. The molecule has 3 aromatic rings. The van der Waals surface area contributed by atoms with E-state index in [1.54, 1.807) is 25.0 Å². The van der Waals surface area contributed by atoms with Crippen molar-refractivity contribution in [3.05, 3.63) is 59.2 Å². The van der Waals surface area contributed by atoms with E-state index in [4.69, 9.17) is 0 Å². The van der Waals surface area contributed by atoms with Gasteiger partial charge in [-0.2, -0.15) is 18.3 Å². The summed E-state index contributed by atoms with van der Waals surface area (Å²) in [6, 6.07) is 7.26. The van der Waals surface area contributed by atoms with Crippen LogP contribution in [0.5, 0.6) is 0 Å². The number of rotatable bonds is 5. The molecule has 0 aliphatic rings. The van der Waals surface area contributed by atoms with Crippen LogP contribution in [0.4, 0.5) is 24.8 Å². The Morgan fingerprint density at radius 1 is 1.03 bits per heavy atom. The second-order valence-electron chi connectivity index (χ2n) is 6.22. The Morgan fingerprint density at radius 3 is 2.17 bits per heavy atom. The molecule has 2 aromatic heterocycles. The predicted octanol–water partition coefficient (Wildman–Crippen LogP) is 2.89. The van der Waals surface area contributed by atoms with Gasteiger partial charge in [-0.15, -0.1) is 0 Å².